The van der Waals surface area contributed by atoms with Crippen LogP contribution in [0, 0.1) is 6.92 Å². The van der Waals surface area contributed by atoms with Crippen LogP contribution in [0.25, 0.3) is 16.3 Å². The highest BCUT2D eigenvalue weighted by Gasteiger charge is 2.07. The molecule has 2 N–H and O–H groups in total. The van der Waals surface area contributed by atoms with Gasteiger partial charge in [-0.15, -0.1) is 0 Å². The van der Waals surface area contributed by atoms with E-state index in [1.165, 1.54) is 40.1 Å². The zero-order valence-electron chi connectivity index (χ0n) is 19.8. The quantitative estimate of drug-likeness (QED) is 0.511. The maximum atomic E-state index is 4.50. The van der Waals surface area contributed by atoms with Gasteiger partial charge in [0, 0.05) is 0 Å². The number of fused-ring (bicyclic) bond motifs is 1. The molecular weight excluding hydrogens is 350 g/mol. The molecule has 0 amide bonds. The van der Waals surface area contributed by atoms with Crippen molar-refractivity contribution in [1.82, 2.24) is 0 Å². The Hall–Kier alpha value is -2.38. The van der Waals surface area contributed by atoms with Crippen molar-refractivity contribution in [2.45, 2.75) is 62.8 Å². The SMILES string of the molecule is C.C=C/C=C\C(=C(\C)C=C)c1ccc2ccccc2c1C.CC.CC.CC.CN. The monoisotopic (exact) mass is 397 g/mol. The minimum absolute atomic E-state index is 0. The van der Waals surface area contributed by atoms with Crippen molar-refractivity contribution in [1.29, 1.82) is 0 Å². The Morgan fingerprint density at radius 3 is 1.86 bits per heavy atom. The van der Waals surface area contributed by atoms with Crippen molar-refractivity contribution < 1.29 is 0 Å². The molecule has 0 aliphatic rings. The number of nitrogens with two attached hydrogens (primary N) is 1. The summed E-state index contributed by atoms with van der Waals surface area (Å²) in [6.45, 7) is 23.9. The van der Waals surface area contributed by atoms with E-state index >= 15 is 0 Å². The first kappa shape index (κ1) is 34.1. The molecule has 0 aliphatic heterocycles. The Bertz CT molecular complexity index is 718. The highest BCUT2D eigenvalue weighted by molar-refractivity contribution is 5.92. The average Bonchev–Trinajstić information content (AvgIpc) is 2.80. The van der Waals surface area contributed by atoms with E-state index in [1.807, 2.05) is 53.7 Å². The molecule has 1 heteroatoms. The summed E-state index contributed by atoms with van der Waals surface area (Å²) < 4.78 is 0. The van der Waals surface area contributed by atoms with Gasteiger partial charge in [0.15, 0.2) is 0 Å². The van der Waals surface area contributed by atoms with Gasteiger partial charge in [-0.05, 0) is 53.9 Å². The zero-order valence-corrected chi connectivity index (χ0v) is 19.8. The normalized spacial score (nSPS) is 9.45. The van der Waals surface area contributed by atoms with Gasteiger partial charge in [0.1, 0.15) is 0 Å². The lowest BCUT2D eigenvalue weighted by Crippen LogP contribution is -1.91. The lowest BCUT2D eigenvalue weighted by molar-refractivity contribution is 1.44. The first-order valence-corrected chi connectivity index (χ1v) is 10.4. The van der Waals surface area contributed by atoms with E-state index in [-0.39, 0.29) is 7.43 Å². The average molecular weight is 398 g/mol. The van der Waals surface area contributed by atoms with Crippen LogP contribution in [-0.2, 0) is 0 Å². The summed E-state index contributed by atoms with van der Waals surface area (Å²) in [4.78, 5) is 0. The van der Waals surface area contributed by atoms with E-state index in [0.29, 0.717) is 0 Å². The Balaban J connectivity index is -0.000000310. The first-order valence-electron chi connectivity index (χ1n) is 10.4. The Morgan fingerprint density at radius 1 is 0.862 bits per heavy atom. The molecule has 0 heterocycles. The van der Waals surface area contributed by atoms with Crippen molar-refractivity contribution in [3.8, 4) is 0 Å². The van der Waals surface area contributed by atoms with Crippen LogP contribution in [0.5, 0.6) is 0 Å². The topological polar surface area (TPSA) is 26.0 Å². The summed E-state index contributed by atoms with van der Waals surface area (Å²) in [6, 6.07) is 12.8. The summed E-state index contributed by atoms with van der Waals surface area (Å²) in [5.41, 5.74) is 9.41. The molecular formula is C28H47N. The molecule has 0 bridgehead atoms. The molecule has 1 nitrogen and oxygen atoms in total. The smallest absolute Gasteiger partial charge is 0.0146 e. The summed E-state index contributed by atoms with van der Waals surface area (Å²) in [7, 11) is 1.50. The zero-order chi connectivity index (χ0) is 22.5. The molecule has 29 heavy (non-hydrogen) atoms. The Morgan fingerprint density at radius 2 is 1.38 bits per heavy atom. The lowest BCUT2D eigenvalue weighted by atomic mass is 9.92. The van der Waals surface area contributed by atoms with Crippen LogP contribution < -0.4 is 5.73 Å². The van der Waals surface area contributed by atoms with Gasteiger partial charge in [0.25, 0.3) is 0 Å². The summed E-state index contributed by atoms with van der Waals surface area (Å²) in [5.74, 6) is 0. The molecule has 2 aromatic carbocycles. The predicted octanol–water partition coefficient (Wildman–Crippen LogP) is 9.14. The molecule has 164 valence electrons. The van der Waals surface area contributed by atoms with Crippen LogP contribution in [0.1, 0.15) is 67.0 Å². The summed E-state index contributed by atoms with van der Waals surface area (Å²) >= 11 is 0. The van der Waals surface area contributed by atoms with Crippen LogP contribution in [0.2, 0.25) is 0 Å². The largest absolute Gasteiger partial charge is 0.333 e. The number of aryl methyl sites for hydroxylation is 1. The van der Waals surface area contributed by atoms with Crippen molar-refractivity contribution >= 4 is 16.3 Å². The molecule has 0 unspecified atom stereocenters. The van der Waals surface area contributed by atoms with Gasteiger partial charge in [-0.25, -0.2) is 0 Å². The maximum Gasteiger partial charge on any atom is -0.0146 e. The molecule has 0 atom stereocenters. The summed E-state index contributed by atoms with van der Waals surface area (Å²) in [5, 5.41) is 2.57. The van der Waals surface area contributed by atoms with Crippen molar-refractivity contribution in [2.75, 3.05) is 7.05 Å². The number of hydrogen-bond acceptors (Lipinski definition) is 1. The minimum atomic E-state index is 0. The number of allylic oxidation sites excluding steroid dienone is 6. The van der Waals surface area contributed by atoms with Gasteiger partial charge < -0.3 is 5.73 Å². The molecule has 0 fully saturated rings. The van der Waals surface area contributed by atoms with E-state index < -0.39 is 0 Å². The van der Waals surface area contributed by atoms with Crippen LogP contribution >= 0.6 is 0 Å². The second-order valence-corrected chi connectivity index (χ2v) is 4.85. The fourth-order valence-electron chi connectivity index (χ4n) is 2.43. The predicted molar refractivity (Wildman–Crippen MR) is 142 cm³/mol. The van der Waals surface area contributed by atoms with Crippen molar-refractivity contribution in [3.05, 3.63) is 90.6 Å². The van der Waals surface area contributed by atoms with E-state index in [1.54, 1.807) is 6.08 Å². The third-order valence-electron chi connectivity index (χ3n) is 3.62. The maximum absolute atomic E-state index is 4.50. The van der Waals surface area contributed by atoms with E-state index in [9.17, 15) is 0 Å². The van der Waals surface area contributed by atoms with Crippen LogP contribution in [0.3, 0.4) is 0 Å². The Labute approximate surface area is 182 Å². The second-order valence-electron chi connectivity index (χ2n) is 4.85. The summed E-state index contributed by atoms with van der Waals surface area (Å²) in [6.07, 6.45) is 7.77. The highest BCUT2D eigenvalue weighted by Crippen LogP contribution is 2.29. The van der Waals surface area contributed by atoms with Gasteiger partial charge >= 0.3 is 0 Å². The molecule has 0 aliphatic carbocycles. The molecule has 2 aromatic rings. The van der Waals surface area contributed by atoms with Crippen molar-refractivity contribution in [3.63, 3.8) is 0 Å². The third kappa shape index (κ3) is 11.3. The number of benzene rings is 2. The van der Waals surface area contributed by atoms with Gasteiger partial charge in [-0.1, -0.05) is 123 Å². The first-order chi connectivity index (χ1) is 13.7. The third-order valence-corrected chi connectivity index (χ3v) is 3.62. The van der Waals surface area contributed by atoms with E-state index in [2.05, 4.69) is 75.2 Å². The number of hydrogen-bond donors (Lipinski definition) is 1. The molecule has 0 saturated carbocycles. The fourth-order valence-corrected chi connectivity index (χ4v) is 2.43. The highest BCUT2D eigenvalue weighted by atomic mass is 14.4. The standard InChI is InChI=1S/C20H20.3C2H6.CH5N.CH4/c1-5-7-11-18(15(3)6-2)20-14-13-17-10-8-9-12-19(17)16(20)4;4*1-2;/h5-14H,1-2H2,3-4H3;3*1-2H3;2H2,1H3;1H4/b11-7-,18-15+;;;;;. The van der Waals surface area contributed by atoms with Crippen molar-refractivity contribution in [2.24, 2.45) is 5.73 Å². The molecule has 0 radical (unpaired) electrons. The minimum Gasteiger partial charge on any atom is -0.333 e. The van der Waals surface area contributed by atoms with Crippen LogP contribution in [-0.4, -0.2) is 7.05 Å². The van der Waals surface area contributed by atoms with E-state index in [4.69, 9.17) is 0 Å². The van der Waals surface area contributed by atoms with Crippen LogP contribution in [0.4, 0.5) is 0 Å². The van der Waals surface area contributed by atoms with Gasteiger partial charge in [-0.3, -0.25) is 0 Å². The second kappa shape index (κ2) is 23.7. The molecule has 2 rings (SSSR count). The Kier molecular flexibility index (Phi) is 27.9. The fraction of sp³-hybridized carbons (Fsp3) is 0.357. The van der Waals surface area contributed by atoms with E-state index in [0.717, 1.165) is 0 Å². The lowest BCUT2D eigenvalue weighted by Gasteiger charge is -2.12. The molecule has 0 aromatic heterocycles. The number of rotatable bonds is 4. The van der Waals surface area contributed by atoms with Gasteiger partial charge in [-0.2, -0.15) is 0 Å². The van der Waals surface area contributed by atoms with Gasteiger partial charge in [0.2, 0.25) is 0 Å². The molecule has 0 saturated heterocycles. The van der Waals surface area contributed by atoms with Crippen LogP contribution in [0.15, 0.2) is 79.4 Å². The van der Waals surface area contributed by atoms with Gasteiger partial charge in [0.05, 0.1) is 0 Å². The molecule has 0 spiro atoms.